The van der Waals surface area contributed by atoms with Gasteiger partial charge in [0.25, 0.3) is 0 Å². The summed E-state index contributed by atoms with van der Waals surface area (Å²) in [4.78, 5) is 16.1. The summed E-state index contributed by atoms with van der Waals surface area (Å²) in [6.07, 6.45) is 1.10. The minimum atomic E-state index is -1.16. The molecule has 0 spiro atoms. The molecule has 2 heterocycles. The molecule has 0 saturated carbocycles. The summed E-state index contributed by atoms with van der Waals surface area (Å²) in [6, 6.07) is 14.4. The van der Waals surface area contributed by atoms with Crippen LogP contribution in [0.1, 0.15) is 63.8 Å². The second-order valence-corrected chi connectivity index (χ2v) is 12.9. The standard InChI is InChI=1S/C33H42Cl4N2O3/c1-6-38(7-2)22-16-17-24(27(19-22)41-9-4)33(29-21(5)39(8-3)26-15-11-10-13-23(26)29)20-28(40)42-18-12-14-25(34)30(35)31(36)32(33)37/h10-11,13,15-17,19,25,30-32H,6-9,12,14,18,20H2,1-5H3. The summed E-state index contributed by atoms with van der Waals surface area (Å²) in [5.74, 6) is 0.298. The van der Waals surface area contributed by atoms with Crippen LogP contribution in [0.2, 0.25) is 0 Å². The van der Waals surface area contributed by atoms with Gasteiger partial charge in [0, 0.05) is 53.5 Å². The summed E-state index contributed by atoms with van der Waals surface area (Å²) in [5.41, 5.74) is 3.63. The number of aromatic nitrogens is 1. The van der Waals surface area contributed by atoms with Gasteiger partial charge in [-0.3, -0.25) is 4.79 Å². The van der Waals surface area contributed by atoms with Crippen LogP contribution in [-0.2, 0) is 21.5 Å². The van der Waals surface area contributed by atoms with E-state index in [-0.39, 0.29) is 19.0 Å². The first-order chi connectivity index (χ1) is 20.2. The Morgan fingerprint density at radius 2 is 1.74 bits per heavy atom. The van der Waals surface area contributed by atoms with Gasteiger partial charge in [-0.2, -0.15) is 0 Å². The van der Waals surface area contributed by atoms with Crippen molar-refractivity contribution < 1.29 is 14.3 Å². The smallest absolute Gasteiger partial charge is 0.307 e. The Morgan fingerprint density at radius 1 is 1.02 bits per heavy atom. The van der Waals surface area contributed by atoms with Gasteiger partial charge in [0.1, 0.15) is 5.75 Å². The van der Waals surface area contributed by atoms with Gasteiger partial charge in [-0.1, -0.05) is 24.3 Å². The monoisotopic (exact) mass is 654 g/mol. The summed E-state index contributed by atoms with van der Waals surface area (Å²) in [7, 11) is 0. The molecule has 42 heavy (non-hydrogen) atoms. The number of alkyl halides is 4. The van der Waals surface area contributed by atoms with Gasteiger partial charge in [-0.05, 0) is 65.2 Å². The molecule has 3 aromatic rings. The maximum absolute atomic E-state index is 13.8. The number of cyclic esters (lactones) is 1. The van der Waals surface area contributed by atoms with Gasteiger partial charge in [0.05, 0.1) is 46.6 Å². The molecule has 5 atom stereocenters. The maximum Gasteiger partial charge on any atom is 0.307 e. The van der Waals surface area contributed by atoms with Crippen LogP contribution in [0.5, 0.6) is 5.75 Å². The summed E-state index contributed by atoms with van der Waals surface area (Å²) in [6.45, 7) is 13.5. The van der Waals surface area contributed by atoms with E-state index in [1.807, 2.05) is 31.2 Å². The molecule has 5 nitrogen and oxygen atoms in total. The fourth-order valence-corrected chi connectivity index (χ4v) is 8.16. The predicted octanol–water partition coefficient (Wildman–Crippen LogP) is 8.66. The highest BCUT2D eigenvalue weighted by molar-refractivity contribution is 6.38. The molecule has 0 radical (unpaired) electrons. The Morgan fingerprint density at radius 3 is 2.40 bits per heavy atom. The van der Waals surface area contributed by atoms with E-state index in [1.54, 1.807) is 0 Å². The van der Waals surface area contributed by atoms with Crippen molar-refractivity contribution in [1.82, 2.24) is 4.57 Å². The minimum absolute atomic E-state index is 0.0375. The second kappa shape index (κ2) is 14.3. The van der Waals surface area contributed by atoms with Gasteiger partial charge in [-0.15, -0.1) is 46.4 Å². The highest BCUT2D eigenvalue weighted by Crippen LogP contribution is 2.53. The lowest BCUT2D eigenvalue weighted by Crippen LogP contribution is -2.48. The number of rotatable bonds is 8. The lowest BCUT2D eigenvalue weighted by Gasteiger charge is -2.42. The lowest BCUT2D eigenvalue weighted by atomic mass is 9.66. The van der Waals surface area contributed by atoms with E-state index in [0.717, 1.165) is 53.0 Å². The number of carbonyl (C=O) groups is 1. The number of ether oxygens (including phenoxy) is 2. The number of anilines is 1. The third-order valence-electron chi connectivity index (χ3n) is 8.58. The number of para-hydroxylation sites is 1. The van der Waals surface area contributed by atoms with Gasteiger partial charge in [-0.25, -0.2) is 0 Å². The van der Waals surface area contributed by atoms with Crippen LogP contribution >= 0.6 is 46.4 Å². The number of benzene rings is 2. The maximum atomic E-state index is 13.8. The molecular weight excluding hydrogens is 614 g/mol. The molecule has 4 rings (SSSR count). The molecule has 2 aromatic carbocycles. The Labute approximate surface area is 270 Å². The fraction of sp³-hybridized carbons (Fsp3) is 0.545. The van der Waals surface area contributed by atoms with E-state index in [9.17, 15) is 4.79 Å². The van der Waals surface area contributed by atoms with Crippen molar-refractivity contribution in [2.24, 2.45) is 0 Å². The van der Waals surface area contributed by atoms with Crippen molar-refractivity contribution in [2.45, 2.75) is 87.3 Å². The second-order valence-electron chi connectivity index (χ2n) is 10.8. The Bertz CT molecular complexity index is 1370. The number of carbonyl (C=O) groups excluding carboxylic acids is 1. The van der Waals surface area contributed by atoms with Crippen LogP contribution in [0, 0.1) is 6.92 Å². The van der Waals surface area contributed by atoms with Crippen molar-refractivity contribution in [2.75, 3.05) is 31.2 Å². The van der Waals surface area contributed by atoms with E-state index < -0.39 is 26.9 Å². The quantitative estimate of drug-likeness (QED) is 0.180. The summed E-state index contributed by atoms with van der Waals surface area (Å²) >= 11 is 28.6. The molecule has 0 aliphatic carbocycles. The zero-order chi connectivity index (χ0) is 30.6. The Balaban J connectivity index is 2.15. The number of esters is 1. The number of fused-ring (bicyclic) bond motifs is 1. The average Bonchev–Trinajstić information content (AvgIpc) is 3.28. The number of hydrogen-bond donors (Lipinski definition) is 0. The lowest BCUT2D eigenvalue weighted by molar-refractivity contribution is -0.145. The van der Waals surface area contributed by atoms with Crippen molar-refractivity contribution in [1.29, 1.82) is 0 Å². The molecule has 1 aliphatic rings. The van der Waals surface area contributed by atoms with Crippen LogP contribution in [-0.4, -0.2) is 58.3 Å². The highest BCUT2D eigenvalue weighted by atomic mass is 35.5. The molecule has 9 heteroatoms. The molecule has 1 aromatic heterocycles. The number of nitrogens with zero attached hydrogens (tertiary/aromatic N) is 2. The fourth-order valence-electron chi connectivity index (χ4n) is 6.58. The average molecular weight is 657 g/mol. The highest BCUT2D eigenvalue weighted by Gasteiger charge is 2.52. The molecule has 0 N–H and O–H groups in total. The zero-order valence-electron chi connectivity index (χ0n) is 25.1. The molecule has 230 valence electrons. The van der Waals surface area contributed by atoms with Crippen molar-refractivity contribution in [3.63, 3.8) is 0 Å². The van der Waals surface area contributed by atoms with Crippen LogP contribution in [0.3, 0.4) is 0 Å². The van der Waals surface area contributed by atoms with E-state index in [4.69, 9.17) is 55.9 Å². The van der Waals surface area contributed by atoms with Crippen LogP contribution < -0.4 is 9.64 Å². The van der Waals surface area contributed by atoms with E-state index >= 15 is 0 Å². The van der Waals surface area contributed by atoms with E-state index in [2.05, 4.69) is 55.4 Å². The third kappa shape index (κ3) is 6.09. The Kier molecular flexibility index (Phi) is 11.3. The molecule has 5 unspecified atom stereocenters. The number of halogens is 4. The summed E-state index contributed by atoms with van der Waals surface area (Å²) in [5, 5.41) is -1.71. The molecule has 1 aliphatic heterocycles. The van der Waals surface area contributed by atoms with Gasteiger partial charge in [0.15, 0.2) is 0 Å². The van der Waals surface area contributed by atoms with Gasteiger partial charge in [0.2, 0.25) is 0 Å². The van der Waals surface area contributed by atoms with Crippen molar-refractivity contribution in [3.8, 4) is 5.75 Å². The number of hydrogen-bond acceptors (Lipinski definition) is 4. The van der Waals surface area contributed by atoms with Crippen LogP contribution in [0.25, 0.3) is 10.9 Å². The number of aryl methyl sites for hydroxylation is 1. The SMILES string of the molecule is CCOc1cc(N(CC)CC)ccc1C1(c2c(C)n(CC)c3ccccc23)CC(=O)OCCCC(Cl)C(Cl)C(Cl)C1Cl. The molecule has 1 saturated heterocycles. The first-order valence-electron chi connectivity index (χ1n) is 15.0. The molecule has 0 bridgehead atoms. The zero-order valence-corrected chi connectivity index (χ0v) is 28.2. The third-order valence-corrected chi connectivity index (χ3v) is 11.2. The Hall–Kier alpha value is -1.79. The molecule has 0 amide bonds. The molecule has 1 fully saturated rings. The largest absolute Gasteiger partial charge is 0.493 e. The first kappa shape index (κ1) is 33.1. The molecular formula is C33H42Cl4N2O3. The minimum Gasteiger partial charge on any atom is -0.493 e. The van der Waals surface area contributed by atoms with Gasteiger partial charge < -0.3 is 18.9 Å². The van der Waals surface area contributed by atoms with Crippen molar-refractivity contribution in [3.05, 3.63) is 59.3 Å². The van der Waals surface area contributed by atoms with E-state index in [0.29, 0.717) is 25.2 Å². The van der Waals surface area contributed by atoms with Crippen LogP contribution in [0.4, 0.5) is 5.69 Å². The summed E-state index contributed by atoms with van der Waals surface area (Å²) < 4.78 is 14.5. The van der Waals surface area contributed by atoms with Crippen molar-refractivity contribution >= 4 is 69.0 Å². The van der Waals surface area contributed by atoms with Crippen LogP contribution in [0.15, 0.2) is 42.5 Å². The first-order valence-corrected chi connectivity index (χ1v) is 16.7. The normalized spacial score (nSPS) is 25.6. The van der Waals surface area contributed by atoms with Gasteiger partial charge >= 0.3 is 5.97 Å². The topological polar surface area (TPSA) is 43.7 Å². The van der Waals surface area contributed by atoms with E-state index in [1.165, 1.54) is 0 Å². The predicted molar refractivity (Wildman–Crippen MR) is 178 cm³/mol.